The molecule has 3 N–H and O–H groups in total. The molecule has 1 fully saturated rings. The highest BCUT2D eigenvalue weighted by atomic mass is 32.1. The molecule has 0 atom stereocenters. The zero-order chi connectivity index (χ0) is 15.2. The fourth-order valence-corrected chi connectivity index (χ4v) is 2.82. The summed E-state index contributed by atoms with van der Waals surface area (Å²) in [4.78, 5) is 12.7. The van der Waals surface area contributed by atoms with Crippen molar-refractivity contribution in [3.05, 3.63) is 0 Å². The largest absolute Gasteiger partial charge is 0.393 e. The van der Waals surface area contributed by atoms with Gasteiger partial charge in [0.25, 0.3) is 0 Å². The average Bonchev–Trinajstić information content (AvgIpc) is 2.43. The van der Waals surface area contributed by atoms with Crippen molar-refractivity contribution < 1.29 is 4.79 Å². The molecule has 0 aromatic carbocycles. The summed E-state index contributed by atoms with van der Waals surface area (Å²) in [5.41, 5.74) is 5.38. The van der Waals surface area contributed by atoms with E-state index in [9.17, 15) is 4.79 Å². The lowest BCUT2D eigenvalue weighted by Gasteiger charge is -2.29. The molecule has 0 radical (unpaired) electrons. The second kappa shape index (κ2) is 7.96. The molecular formula is C16H30N2OS. The third-order valence-corrected chi connectivity index (χ3v) is 5.11. The predicted molar refractivity (Wildman–Crippen MR) is 88.5 cm³/mol. The molecular weight excluding hydrogens is 268 g/mol. The lowest BCUT2D eigenvalue weighted by molar-refractivity contribution is -0.126. The van der Waals surface area contributed by atoms with Crippen LogP contribution in [0, 0.1) is 17.3 Å². The number of carbonyl (C=O) groups is 1. The van der Waals surface area contributed by atoms with Gasteiger partial charge in [0.1, 0.15) is 0 Å². The van der Waals surface area contributed by atoms with Crippen molar-refractivity contribution in [3.8, 4) is 0 Å². The molecule has 1 aliphatic carbocycles. The SMILES string of the molecule is CCCCC1CCC(C(=O)NCC(C)(C)C(N)=S)CC1. The van der Waals surface area contributed by atoms with E-state index in [0.29, 0.717) is 11.5 Å². The van der Waals surface area contributed by atoms with Gasteiger partial charge < -0.3 is 11.1 Å². The average molecular weight is 298 g/mol. The molecule has 3 nitrogen and oxygen atoms in total. The van der Waals surface area contributed by atoms with Crippen molar-refractivity contribution in [1.29, 1.82) is 0 Å². The van der Waals surface area contributed by atoms with E-state index in [2.05, 4.69) is 12.2 Å². The van der Waals surface area contributed by atoms with Crippen molar-refractivity contribution in [1.82, 2.24) is 5.32 Å². The minimum Gasteiger partial charge on any atom is -0.393 e. The maximum absolute atomic E-state index is 12.2. The van der Waals surface area contributed by atoms with Gasteiger partial charge >= 0.3 is 0 Å². The summed E-state index contributed by atoms with van der Waals surface area (Å²) in [6.07, 6.45) is 8.41. The lowest BCUT2D eigenvalue weighted by atomic mass is 9.79. The van der Waals surface area contributed by atoms with Gasteiger partial charge in [-0.25, -0.2) is 0 Å². The molecule has 0 heterocycles. The second-order valence-electron chi connectivity index (χ2n) is 6.83. The first-order valence-electron chi connectivity index (χ1n) is 7.94. The predicted octanol–water partition coefficient (Wildman–Crippen LogP) is 3.41. The van der Waals surface area contributed by atoms with Crippen molar-refractivity contribution in [2.75, 3.05) is 6.54 Å². The van der Waals surface area contributed by atoms with Crippen LogP contribution in [0.3, 0.4) is 0 Å². The highest BCUT2D eigenvalue weighted by molar-refractivity contribution is 7.80. The molecule has 116 valence electrons. The molecule has 0 aromatic rings. The van der Waals surface area contributed by atoms with Crippen LogP contribution in [-0.2, 0) is 4.79 Å². The topological polar surface area (TPSA) is 55.1 Å². The first-order chi connectivity index (χ1) is 9.36. The second-order valence-corrected chi connectivity index (χ2v) is 7.27. The molecule has 0 saturated heterocycles. The Balaban J connectivity index is 2.31. The Bertz CT molecular complexity index is 333. The number of hydrogen-bond acceptors (Lipinski definition) is 2. The third kappa shape index (κ3) is 5.39. The van der Waals surface area contributed by atoms with Crippen LogP contribution in [0.15, 0.2) is 0 Å². The van der Waals surface area contributed by atoms with E-state index in [-0.39, 0.29) is 17.2 Å². The van der Waals surface area contributed by atoms with Gasteiger partial charge in [0.15, 0.2) is 0 Å². The summed E-state index contributed by atoms with van der Waals surface area (Å²) in [6.45, 7) is 6.72. The lowest BCUT2D eigenvalue weighted by Crippen LogP contribution is -2.43. The number of hydrogen-bond donors (Lipinski definition) is 2. The Morgan fingerprint density at radius 2 is 1.90 bits per heavy atom. The van der Waals surface area contributed by atoms with Crippen LogP contribution in [-0.4, -0.2) is 17.4 Å². The first kappa shape index (κ1) is 17.4. The van der Waals surface area contributed by atoms with Gasteiger partial charge in [-0.1, -0.05) is 52.3 Å². The minimum absolute atomic E-state index is 0.184. The van der Waals surface area contributed by atoms with Crippen LogP contribution in [0.5, 0.6) is 0 Å². The van der Waals surface area contributed by atoms with E-state index in [0.717, 1.165) is 18.8 Å². The Labute approximate surface area is 129 Å². The normalized spacial score (nSPS) is 23.4. The zero-order valence-corrected chi connectivity index (χ0v) is 14.0. The van der Waals surface area contributed by atoms with Crippen LogP contribution in [0.1, 0.15) is 65.7 Å². The molecule has 1 aliphatic rings. The Hall–Kier alpha value is -0.640. The van der Waals surface area contributed by atoms with Gasteiger partial charge in [-0.15, -0.1) is 0 Å². The smallest absolute Gasteiger partial charge is 0.223 e. The first-order valence-corrected chi connectivity index (χ1v) is 8.35. The van der Waals surface area contributed by atoms with Crippen molar-refractivity contribution in [2.45, 2.75) is 65.7 Å². The highest BCUT2D eigenvalue weighted by Gasteiger charge is 2.28. The van der Waals surface area contributed by atoms with Gasteiger partial charge in [0.05, 0.1) is 4.99 Å². The Kier molecular flexibility index (Phi) is 6.93. The Morgan fingerprint density at radius 3 is 2.40 bits per heavy atom. The summed E-state index contributed by atoms with van der Waals surface area (Å²) >= 11 is 5.02. The van der Waals surface area contributed by atoms with E-state index < -0.39 is 0 Å². The molecule has 0 unspecified atom stereocenters. The molecule has 1 rings (SSSR count). The Morgan fingerprint density at radius 1 is 1.30 bits per heavy atom. The summed E-state index contributed by atoms with van der Waals surface area (Å²) in [5, 5.41) is 3.03. The van der Waals surface area contributed by atoms with Gasteiger partial charge in [-0.05, 0) is 31.6 Å². The number of nitrogens with one attached hydrogen (secondary N) is 1. The zero-order valence-electron chi connectivity index (χ0n) is 13.2. The third-order valence-electron chi connectivity index (χ3n) is 4.56. The summed E-state index contributed by atoms with van der Waals surface area (Å²) in [7, 11) is 0. The summed E-state index contributed by atoms with van der Waals surface area (Å²) in [6, 6.07) is 0. The van der Waals surface area contributed by atoms with E-state index in [4.69, 9.17) is 18.0 Å². The number of nitrogens with two attached hydrogens (primary N) is 1. The molecule has 4 heteroatoms. The fraction of sp³-hybridized carbons (Fsp3) is 0.875. The summed E-state index contributed by atoms with van der Waals surface area (Å²) in [5.74, 6) is 1.21. The van der Waals surface area contributed by atoms with Crippen LogP contribution in [0.2, 0.25) is 0 Å². The molecule has 20 heavy (non-hydrogen) atoms. The van der Waals surface area contributed by atoms with E-state index in [1.54, 1.807) is 0 Å². The van der Waals surface area contributed by atoms with Crippen LogP contribution < -0.4 is 11.1 Å². The number of thiocarbonyl (C=S) groups is 1. The van der Waals surface area contributed by atoms with Crippen LogP contribution >= 0.6 is 12.2 Å². The maximum atomic E-state index is 12.2. The quantitative estimate of drug-likeness (QED) is 0.708. The van der Waals surface area contributed by atoms with E-state index in [1.165, 1.54) is 32.1 Å². The molecule has 0 aromatic heterocycles. The molecule has 1 saturated carbocycles. The van der Waals surface area contributed by atoms with Crippen LogP contribution in [0.4, 0.5) is 0 Å². The molecule has 0 aliphatic heterocycles. The molecule has 0 spiro atoms. The van der Waals surface area contributed by atoms with E-state index >= 15 is 0 Å². The fourth-order valence-electron chi connectivity index (χ4n) is 2.75. The van der Waals surface area contributed by atoms with Gasteiger partial charge in [-0.2, -0.15) is 0 Å². The standard InChI is InChI=1S/C16H30N2OS/c1-4-5-6-12-7-9-13(10-8-12)14(19)18-11-16(2,3)15(17)20/h12-13H,4-11H2,1-3H3,(H2,17,20)(H,18,19). The number of rotatable bonds is 7. The van der Waals surface area contributed by atoms with Gasteiger partial charge in [-0.3, -0.25) is 4.79 Å². The van der Waals surface area contributed by atoms with Crippen molar-refractivity contribution in [3.63, 3.8) is 0 Å². The van der Waals surface area contributed by atoms with Gasteiger partial charge in [0, 0.05) is 17.9 Å². The monoisotopic (exact) mass is 298 g/mol. The highest BCUT2D eigenvalue weighted by Crippen LogP contribution is 2.32. The van der Waals surface area contributed by atoms with E-state index in [1.807, 2.05) is 13.8 Å². The van der Waals surface area contributed by atoms with Crippen LogP contribution in [0.25, 0.3) is 0 Å². The molecule has 1 amide bonds. The minimum atomic E-state index is -0.302. The maximum Gasteiger partial charge on any atom is 0.223 e. The number of carbonyl (C=O) groups excluding carboxylic acids is 1. The molecule has 0 bridgehead atoms. The number of unbranched alkanes of at least 4 members (excludes halogenated alkanes) is 1. The summed E-state index contributed by atoms with van der Waals surface area (Å²) < 4.78 is 0. The number of amides is 1. The van der Waals surface area contributed by atoms with Gasteiger partial charge in [0.2, 0.25) is 5.91 Å². The van der Waals surface area contributed by atoms with Crippen molar-refractivity contribution >= 4 is 23.1 Å². The van der Waals surface area contributed by atoms with Crippen molar-refractivity contribution in [2.24, 2.45) is 23.0 Å².